The summed E-state index contributed by atoms with van der Waals surface area (Å²) in [4.78, 5) is 37.2. The molecule has 0 aliphatic rings. The number of anilines is 1. The van der Waals surface area contributed by atoms with Gasteiger partial charge in [0.15, 0.2) is 0 Å². The number of hydrogen-bond donors (Lipinski definition) is 5. The van der Waals surface area contributed by atoms with Crippen molar-refractivity contribution in [2.75, 3.05) is 19.0 Å². The first-order valence-electron chi connectivity index (χ1n) is 12.3. The summed E-state index contributed by atoms with van der Waals surface area (Å²) in [6.45, 7) is 3.72. The number of hydrogen-bond acceptors (Lipinski definition) is 5. The highest BCUT2D eigenvalue weighted by Gasteiger charge is 2.28. The lowest BCUT2D eigenvalue weighted by atomic mass is 10.0. The Morgan fingerprint density at radius 3 is 2.21 bits per heavy atom. The summed E-state index contributed by atoms with van der Waals surface area (Å²) in [5, 5.41) is 10.9. The van der Waals surface area contributed by atoms with Crippen molar-refractivity contribution >= 4 is 23.5 Å². The maximum Gasteiger partial charge on any atom is 0.318 e. The summed E-state index contributed by atoms with van der Waals surface area (Å²) < 4.78 is 5.73. The van der Waals surface area contributed by atoms with E-state index < -0.39 is 17.5 Å². The van der Waals surface area contributed by atoms with Gasteiger partial charge < -0.3 is 31.7 Å². The van der Waals surface area contributed by atoms with Crippen molar-refractivity contribution < 1.29 is 19.1 Å². The first kappa shape index (κ1) is 28.4. The van der Waals surface area contributed by atoms with Crippen molar-refractivity contribution in [3.05, 3.63) is 90.0 Å². The van der Waals surface area contributed by atoms with Gasteiger partial charge in [0.25, 0.3) is 0 Å². The van der Waals surface area contributed by atoms with Crippen LogP contribution in [0.1, 0.15) is 25.0 Å². The summed E-state index contributed by atoms with van der Waals surface area (Å²) in [6, 6.07) is 23.5. The van der Waals surface area contributed by atoms with Gasteiger partial charge in [-0.3, -0.25) is 9.59 Å². The van der Waals surface area contributed by atoms with Crippen LogP contribution in [0, 0.1) is 0 Å². The van der Waals surface area contributed by atoms with Gasteiger partial charge in [-0.15, -0.1) is 0 Å². The molecule has 0 saturated heterocycles. The van der Waals surface area contributed by atoms with Crippen LogP contribution in [0.5, 0.6) is 0 Å². The lowest BCUT2D eigenvalue weighted by molar-refractivity contribution is -0.132. The van der Waals surface area contributed by atoms with E-state index in [2.05, 4.69) is 21.3 Å². The van der Waals surface area contributed by atoms with Crippen LogP contribution in [0.25, 0.3) is 11.1 Å². The lowest BCUT2D eigenvalue weighted by Gasteiger charge is -2.24. The molecule has 9 heteroatoms. The average Bonchev–Trinajstić information content (AvgIpc) is 2.91. The van der Waals surface area contributed by atoms with Crippen LogP contribution < -0.4 is 27.0 Å². The first-order chi connectivity index (χ1) is 18.2. The van der Waals surface area contributed by atoms with Crippen LogP contribution in [0.4, 0.5) is 10.5 Å². The third-order valence-electron chi connectivity index (χ3n) is 5.74. The Balaban J connectivity index is 1.63. The molecule has 9 nitrogen and oxygen atoms in total. The molecule has 3 aromatic carbocycles. The fourth-order valence-corrected chi connectivity index (χ4v) is 3.54. The molecule has 0 aliphatic carbocycles. The molecule has 0 heterocycles. The Hall–Kier alpha value is -4.21. The largest absolute Gasteiger partial charge is 0.374 e. The highest BCUT2D eigenvalue weighted by molar-refractivity contribution is 5.94. The number of para-hydroxylation sites is 1. The minimum Gasteiger partial charge on any atom is -0.374 e. The minimum absolute atomic E-state index is 0.00337. The molecule has 0 unspecified atom stereocenters. The molecule has 3 aromatic rings. The fraction of sp³-hybridized carbons (Fsp3) is 0.276. The standard InChI is InChI=1S/C29H35N5O4/c1-29(2,30)27(36)33-25(19-38-18-21-9-5-4-6-10-21)26(35)32-17-20-13-15-22(16-14-20)23-11-7-8-12-24(23)34-28(37)31-3/h4-16,25H,17-19,30H2,1-3H3,(H,32,35)(H,33,36)(H2,31,34,37)/t25-/m1/s1. The SMILES string of the molecule is CNC(=O)Nc1ccccc1-c1ccc(CNC(=O)[C@@H](COCc2ccccc2)NC(=O)C(C)(C)N)cc1. The molecular formula is C29H35N5O4. The van der Waals surface area contributed by atoms with Gasteiger partial charge in [-0.2, -0.15) is 0 Å². The van der Waals surface area contributed by atoms with Crippen molar-refractivity contribution in [3.8, 4) is 11.1 Å². The summed E-state index contributed by atoms with van der Waals surface area (Å²) in [5.41, 5.74) is 9.07. The zero-order chi connectivity index (χ0) is 27.5. The molecule has 0 spiro atoms. The lowest BCUT2D eigenvalue weighted by Crippen LogP contribution is -2.57. The van der Waals surface area contributed by atoms with E-state index in [4.69, 9.17) is 10.5 Å². The third kappa shape index (κ3) is 8.43. The smallest absolute Gasteiger partial charge is 0.318 e. The molecule has 200 valence electrons. The summed E-state index contributed by atoms with van der Waals surface area (Å²) in [7, 11) is 1.56. The average molecular weight is 518 g/mol. The van der Waals surface area contributed by atoms with Crippen LogP contribution in [0.15, 0.2) is 78.9 Å². The topological polar surface area (TPSA) is 135 Å². The van der Waals surface area contributed by atoms with E-state index in [1.165, 1.54) is 0 Å². The second kappa shape index (κ2) is 13.4. The van der Waals surface area contributed by atoms with Crippen LogP contribution >= 0.6 is 0 Å². The minimum atomic E-state index is -1.14. The van der Waals surface area contributed by atoms with Crippen LogP contribution in [-0.4, -0.2) is 43.1 Å². The molecule has 6 N–H and O–H groups in total. The number of benzene rings is 3. The number of carbonyl (C=O) groups is 3. The van der Waals surface area contributed by atoms with Crippen molar-refractivity contribution in [1.29, 1.82) is 0 Å². The second-order valence-electron chi connectivity index (χ2n) is 9.41. The number of carbonyl (C=O) groups excluding carboxylic acids is 3. The molecule has 38 heavy (non-hydrogen) atoms. The number of nitrogens with one attached hydrogen (secondary N) is 4. The normalized spacial score (nSPS) is 11.8. The monoisotopic (exact) mass is 517 g/mol. The molecule has 0 aliphatic heterocycles. The zero-order valence-electron chi connectivity index (χ0n) is 21.9. The highest BCUT2D eigenvalue weighted by Crippen LogP contribution is 2.28. The van der Waals surface area contributed by atoms with Gasteiger partial charge in [-0.25, -0.2) is 4.79 Å². The van der Waals surface area contributed by atoms with Gasteiger partial charge in [0.2, 0.25) is 11.8 Å². The quantitative estimate of drug-likeness (QED) is 0.266. The van der Waals surface area contributed by atoms with E-state index in [-0.39, 0.29) is 25.1 Å². The Morgan fingerprint density at radius 1 is 0.895 bits per heavy atom. The van der Waals surface area contributed by atoms with Crippen LogP contribution in [0.3, 0.4) is 0 Å². The van der Waals surface area contributed by atoms with E-state index >= 15 is 0 Å². The second-order valence-corrected chi connectivity index (χ2v) is 9.41. The number of nitrogens with two attached hydrogens (primary N) is 1. The maximum absolute atomic E-state index is 13.0. The van der Waals surface area contributed by atoms with Gasteiger partial charge in [-0.1, -0.05) is 72.8 Å². The fourth-order valence-electron chi connectivity index (χ4n) is 3.54. The van der Waals surface area contributed by atoms with Gasteiger partial charge in [-0.05, 0) is 36.6 Å². The van der Waals surface area contributed by atoms with Gasteiger partial charge in [0.05, 0.1) is 24.4 Å². The molecular weight excluding hydrogens is 482 g/mol. The third-order valence-corrected chi connectivity index (χ3v) is 5.74. The van der Waals surface area contributed by atoms with Gasteiger partial charge in [0, 0.05) is 19.2 Å². The van der Waals surface area contributed by atoms with Crippen LogP contribution in [-0.2, 0) is 27.5 Å². The summed E-state index contributed by atoms with van der Waals surface area (Å²) >= 11 is 0. The Kier molecular flexibility index (Phi) is 9.98. The predicted octanol–water partition coefficient (Wildman–Crippen LogP) is 3.16. The zero-order valence-corrected chi connectivity index (χ0v) is 21.9. The van der Waals surface area contributed by atoms with Crippen molar-refractivity contribution in [3.63, 3.8) is 0 Å². The number of amides is 4. The summed E-state index contributed by atoms with van der Waals surface area (Å²) in [5.74, 6) is -0.825. The van der Waals surface area contributed by atoms with Gasteiger partial charge >= 0.3 is 6.03 Å². The van der Waals surface area contributed by atoms with Gasteiger partial charge in [0.1, 0.15) is 6.04 Å². The molecule has 0 saturated carbocycles. The molecule has 3 rings (SSSR count). The van der Waals surface area contributed by atoms with E-state index in [0.717, 1.165) is 22.3 Å². The number of urea groups is 1. The number of ether oxygens (including phenoxy) is 1. The van der Waals surface area contributed by atoms with E-state index in [9.17, 15) is 14.4 Å². The predicted molar refractivity (Wildman–Crippen MR) is 148 cm³/mol. The van der Waals surface area contributed by atoms with Crippen LogP contribution in [0.2, 0.25) is 0 Å². The highest BCUT2D eigenvalue weighted by atomic mass is 16.5. The molecule has 0 radical (unpaired) electrons. The molecule has 1 atom stereocenters. The van der Waals surface area contributed by atoms with Crippen molar-refractivity contribution in [2.45, 2.75) is 38.6 Å². The summed E-state index contributed by atoms with van der Waals surface area (Å²) in [6.07, 6.45) is 0. The van der Waals surface area contributed by atoms with E-state index in [1.54, 1.807) is 20.9 Å². The molecule has 0 fully saturated rings. The Bertz CT molecular complexity index is 1220. The van der Waals surface area contributed by atoms with Crippen molar-refractivity contribution in [2.24, 2.45) is 5.73 Å². The van der Waals surface area contributed by atoms with Crippen molar-refractivity contribution in [1.82, 2.24) is 16.0 Å². The first-order valence-corrected chi connectivity index (χ1v) is 12.3. The molecule has 0 bridgehead atoms. The van der Waals surface area contributed by atoms with E-state index in [0.29, 0.717) is 12.3 Å². The van der Waals surface area contributed by atoms with E-state index in [1.807, 2.05) is 78.9 Å². The maximum atomic E-state index is 13.0. The molecule has 0 aromatic heterocycles. The Labute approximate surface area is 223 Å². The molecule has 4 amide bonds. The Morgan fingerprint density at radius 2 is 1.55 bits per heavy atom. The number of rotatable bonds is 11.